The predicted molar refractivity (Wildman–Crippen MR) is 59.3 cm³/mol. The second kappa shape index (κ2) is 3.55. The lowest BCUT2D eigenvalue weighted by atomic mass is 10.0. The van der Waals surface area contributed by atoms with Gasteiger partial charge in [-0.3, -0.25) is 0 Å². The largest absolute Gasteiger partial charge is 0.454 e. The van der Waals surface area contributed by atoms with E-state index in [2.05, 4.69) is 20.9 Å². The molecule has 2 aliphatic rings. The Hall–Kier alpha value is -1.39. The van der Waals surface area contributed by atoms with Crippen LogP contribution < -0.4 is 9.47 Å². The van der Waals surface area contributed by atoms with Crippen LogP contribution in [0.15, 0.2) is 15.5 Å². The second-order valence-electron chi connectivity index (χ2n) is 4.02. The number of halogens is 2. The van der Waals surface area contributed by atoms with Crippen LogP contribution in [-0.2, 0) is 10.3 Å². The molecule has 0 spiro atoms. The SMILES string of the molecule is O=C=NC1(c2cc3c(c(Br)c2F)OCO3)CC1. The fraction of sp³-hybridized carbons (Fsp3) is 0.364. The van der Waals surface area contributed by atoms with Gasteiger partial charge in [0.25, 0.3) is 0 Å². The molecule has 4 nitrogen and oxygen atoms in total. The molecule has 0 radical (unpaired) electrons. The summed E-state index contributed by atoms with van der Waals surface area (Å²) in [7, 11) is 0. The molecule has 0 atom stereocenters. The van der Waals surface area contributed by atoms with Gasteiger partial charge in [-0.05, 0) is 34.8 Å². The van der Waals surface area contributed by atoms with Crippen molar-refractivity contribution in [1.29, 1.82) is 0 Å². The lowest BCUT2D eigenvalue weighted by molar-refractivity contribution is 0.173. The van der Waals surface area contributed by atoms with E-state index in [9.17, 15) is 9.18 Å². The number of nitrogens with zero attached hydrogens (tertiary/aromatic N) is 1. The van der Waals surface area contributed by atoms with Gasteiger partial charge in [-0.1, -0.05) is 0 Å². The molecule has 0 saturated heterocycles. The molecule has 0 bridgehead atoms. The van der Waals surface area contributed by atoms with Gasteiger partial charge in [0.05, 0.1) is 4.47 Å². The van der Waals surface area contributed by atoms with Crippen molar-refractivity contribution in [2.75, 3.05) is 6.79 Å². The van der Waals surface area contributed by atoms with Crippen molar-refractivity contribution < 1.29 is 18.7 Å². The Morgan fingerprint density at radius 1 is 1.47 bits per heavy atom. The molecular formula is C11H7BrFNO3. The van der Waals surface area contributed by atoms with Crippen molar-refractivity contribution in [2.24, 2.45) is 4.99 Å². The van der Waals surface area contributed by atoms with E-state index < -0.39 is 11.4 Å². The van der Waals surface area contributed by atoms with E-state index >= 15 is 0 Å². The molecule has 1 aromatic rings. The Bertz CT molecular complexity index is 550. The second-order valence-corrected chi connectivity index (χ2v) is 4.81. The van der Waals surface area contributed by atoms with Crippen LogP contribution in [0.25, 0.3) is 0 Å². The fourth-order valence-electron chi connectivity index (χ4n) is 1.97. The molecule has 3 rings (SSSR count). The van der Waals surface area contributed by atoms with Crippen LogP contribution in [0.2, 0.25) is 0 Å². The Labute approximate surface area is 105 Å². The lowest BCUT2D eigenvalue weighted by Crippen LogP contribution is -2.06. The van der Waals surface area contributed by atoms with Gasteiger partial charge in [-0.2, -0.15) is 4.99 Å². The first-order chi connectivity index (χ1) is 8.18. The van der Waals surface area contributed by atoms with Crippen LogP contribution in [0.1, 0.15) is 18.4 Å². The summed E-state index contributed by atoms with van der Waals surface area (Å²) in [6, 6.07) is 1.55. The molecule has 1 fully saturated rings. The van der Waals surface area contributed by atoms with Gasteiger partial charge in [0, 0.05) is 5.56 Å². The molecule has 1 aliphatic carbocycles. The quantitative estimate of drug-likeness (QED) is 0.623. The van der Waals surface area contributed by atoms with Crippen LogP contribution in [0.5, 0.6) is 11.5 Å². The number of carbonyl (C=O) groups excluding carboxylic acids is 1. The summed E-state index contributed by atoms with van der Waals surface area (Å²) >= 11 is 3.13. The summed E-state index contributed by atoms with van der Waals surface area (Å²) in [5.41, 5.74) is -0.396. The Balaban J connectivity index is 2.19. The van der Waals surface area contributed by atoms with Gasteiger partial charge in [0.1, 0.15) is 11.4 Å². The number of ether oxygens (including phenoxy) is 2. The summed E-state index contributed by atoms with van der Waals surface area (Å²) in [5.74, 6) is 0.378. The average molecular weight is 300 g/mol. The maximum absolute atomic E-state index is 14.1. The zero-order chi connectivity index (χ0) is 12.0. The van der Waals surface area contributed by atoms with Gasteiger partial charge in [0.15, 0.2) is 11.5 Å². The molecule has 6 heteroatoms. The number of hydrogen-bond donors (Lipinski definition) is 0. The van der Waals surface area contributed by atoms with Gasteiger partial charge in [-0.25, -0.2) is 9.18 Å². The van der Waals surface area contributed by atoms with Gasteiger partial charge in [-0.15, -0.1) is 0 Å². The summed E-state index contributed by atoms with van der Waals surface area (Å²) in [6.07, 6.45) is 2.79. The highest BCUT2D eigenvalue weighted by Gasteiger charge is 2.48. The van der Waals surface area contributed by atoms with Crippen molar-refractivity contribution >= 4 is 22.0 Å². The summed E-state index contributed by atoms with van der Waals surface area (Å²) in [6.45, 7) is 0.0702. The van der Waals surface area contributed by atoms with E-state index in [0.29, 0.717) is 29.9 Å². The summed E-state index contributed by atoms with van der Waals surface area (Å²) < 4.78 is 24.7. The molecule has 17 heavy (non-hydrogen) atoms. The monoisotopic (exact) mass is 299 g/mol. The van der Waals surface area contributed by atoms with E-state index in [4.69, 9.17) is 9.47 Å². The number of aliphatic imine (C=N–C) groups is 1. The highest BCUT2D eigenvalue weighted by molar-refractivity contribution is 9.10. The highest BCUT2D eigenvalue weighted by atomic mass is 79.9. The zero-order valence-electron chi connectivity index (χ0n) is 8.63. The minimum Gasteiger partial charge on any atom is -0.454 e. The standard InChI is InChI=1S/C11H7BrFNO3/c12-8-9(13)6(11(1-2-11)14-4-15)3-7-10(8)17-5-16-7/h3H,1-2,5H2. The molecular weight excluding hydrogens is 293 g/mol. The molecule has 1 heterocycles. The van der Waals surface area contributed by atoms with Crippen LogP contribution >= 0.6 is 15.9 Å². The van der Waals surface area contributed by atoms with E-state index in [-0.39, 0.29) is 11.3 Å². The number of benzene rings is 1. The van der Waals surface area contributed by atoms with Crippen molar-refractivity contribution in [1.82, 2.24) is 0 Å². The minimum atomic E-state index is -0.755. The number of hydrogen-bond acceptors (Lipinski definition) is 4. The third-order valence-corrected chi connectivity index (χ3v) is 3.74. The van der Waals surface area contributed by atoms with E-state index in [1.807, 2.05) is 0 Å². The first kappa shape index (κ1) is 10.7. The molecule has 0 N–H and O–H groups in total. The molecule has 1 saturated carbocycles. The first-order valence-electron chi connectivity index (χ1n) is 5.05. The molecule has 0 amide bonds. The molecule has 0 unspecified atom stereocenters. The van der Waals surface area contributed by atoms with Crippen LogP contribution in [-0.4, -0.2) is 12.9 Å². The maximum atomic E-state index is 14.1. The molecule has 0 aromatic heterocycles. The van der Waals surface area contributed by atoms with E-state index in [1.54, 1.807) is 6.07 Å². The van der Waals surface area contributed by atoms with E-state index in [1.165, 1.54) is 6.08 Å². The smallest absolute Gasteiger partial charge is 0.235 e. The fourth-order valence-corrected chi connectivity index (χ4v) is 2.49. The van der Waals surface area contributed by atoms with Gasteiger partial charge >= 0.3 is 0 Å². The Morgan fingerprint density at radius 3 is 2.88 bits per heavy atom. The number of fused-ring (bicyclic) bond motifs is 1. The highest BCUT2D eigenvalue weighted by Crippen LogP contribution is 2.54. The lowest BCUT2D eigenvalue weighted by Gasteiger charge is -2.12. The Morgan fingerprint density at radius 2 is 2.24 bits per heavy atom. The van der Waals surface area contributed by atoms with Gasteiger partial charge in [0.2, 0.25) is 12.9 Å². The van der Waals surface area contributed by atoms with Crippen LogP contribution in [0.4, 0.5) is 4.39 Å². The number of rotatable bonds is 2. The maximum Gasteiger partial charge on any atom is 0.235 e. The summed E-state index contributed by atoms with van der Waals surface area (Å²) in [5, 5.41) is 0. The van der Waals surface area contributed by atoms with Crippen molar-refractivity contribution in [3.63, 3.8) is 0 Å². The van der Waals surface area contributed by atoms with Crippen LogP contribution in [0, 0.1) is 5.82 Å². The topological polar surface area (TPSA) is 47.9 Å². The summed E-state index contributed by atoms with van der Waals surface area (Å²) in [4.78, 5) is 14.1. The average Bonchev–Trinajstić information content (AvgIpc) is 2.92. The first-order valence-corrected chi connectivity index (χ1v) is 5.84. The minimum absolute atomic E-state index is 0.0702. The molecule has 88 valence electrons. The molecule has 1 aromatic carbocycles. The van der Waals surface area contributed by atoms with Crippen LogP contribution in [0.3, 0.4) is 0 Å². The third kappa shape index (κ3) is 1.48. The van der Waals surface area contributed by atoms with Crippen molar-refractivity contribution in [3.8, 4) is 11.5 Å². The van der Waals surface area contributed by atoms with Crippen molar-refractivity contribution in [2.45, 2.75) is 18.4 Å². The zero-order valence-corrected chi connectivity index (χ0v) is 10.2. The number of isocyanates is 1. The Kier molecular flexibility index (Phi) is 2.24. The molecule has 1 aliphatic heterocycles. The third-order valence-electron chi connectivity index (χ3n) is 3.03. The van der Waals surface area contributed by atoms with E-state index in [0.717, 1.165) is 0 Å². The predicted octanol–water partition coefficient (Wildman–Crippen LogP) is 2.64. The van der Waals surface area contributed by atoms with Crippen molar-refractivity contribution in [3.05, 3.63) is 21.9 Å². The van der Waals surface area contributed by atoms with Gasteiger partial charge < -0.3 is 9.47 Å². The normalized spacial score (nSPS) is 18.7.